The SMILES string of the molecule is Fc1ccc(-c2nc(C(F)(F)F)cn2-c2ccc3[nH]ncc3c2)cc1. The summed E-state index contributed by atoms with van der Waals surface area (Å²) >= 11 is 0. The highest BCUT2D eigenvalue weighted by molar-refractivity contribution is 5.80. The number of H-pyrrole nitrogens is 1. The molecule has 0 aliphatic carbocycles. The van der Waals surface area contributed by atoms with Gasteiger partial charge in [0.25, 0.3) is 0 Å². The summed E-state index contributed by atoms with van der Waals surface area (Å²) < 4.78 is 53.9. The standard InChI is InChI=1S/C17H10F4N4/c18-12-3-1-10(2-4-12)16-23-15(17(19,20)21)9-25(16)13-5-6-14-11(7-13)8-22-24-14/h1-9H,(H,22,24). The largest absolute Gasteiger partial charge is 0.434 e. The van der Waals surface area contributed by atoms with Crippen LogP contribution < -0.4 is 0 Å². The third-order valence-electron chi connectivity index (χ3n) is 3.80. The van der Waals surface area contributed by atoms with Crippen LogP contribution in [0.5, 0.6) is 0 Å². The zero-order valence-corrected chi connectivity index (χ0v) is 12.5. The first-order chi connectivity index (χ1) is 11.9. The van der Waals surface area contributed by atoms with Crippen LogP contribution in [0, 0.1) is 5.82 Å². The second-order valence-electron chi connectivity index (χ2n) is 5.47. The molecule has 25 heavy (non-hydrogen) atoms. The molecule has 0 atom stereocenters. The Labute approximate surface area is 138 Å². The number of hydrogen-bond donors (Lipinski definition) is 1. The fraction of sp³-hybridized carbons (Fsp3) is 0.0588. The average Bonchev–Trinajstić information content (AvgIpc) is 3.21. The minimum Gasteiger partial charge on any atom is -0.299 e. The molecule has 0 radical (unpaired) electrons. The molecule has 0 saturated carbocycles. The zero-order valence-electron chi connectivity index (χ0n) is 12.5. The predicted molar refractivity (Wildman–Crippen MR) is 83.6 cm³/mol. The molecule has 0 amide bonds. The first kappa shape index (κ1) is 15.4. The van der Waals surface area contributed by atoms with Crippen LogP contribution in [0.3, 0.4) is 0 Å². The highest BCUT2D eigenvalue weighted by Gasteiger charge is 2.35. The van der Waals surface area contributed by atoms with E-state index >= 15 is 0 Å². The highest BCUT2D eigenvalue weighted by Crippen LogP contribution is 2.33. The van der Waals surface area contributed by atoms with E-state index in [1.807, 2.05) is 0 Å². The van der Waals surface area contributed by atoms with Gasteiger partial charge in [-0.25, -0.2) is 9.37 Å². The topological polar surface area (TPSA) is 46.5 Å². The van der Waals surface area contributed by atoms with Gasteiger partial charge in [-0.15, -0.1) is 0 Å². The Morgan fingerprint density at radius 2 is 1.76 bits per heavy atom. The van der Waals surface area contributed by atoms with Gasteiger partial charge in [-0.05, 0) is 42.5 Å². The molecule has 1 N–H and O–H groups in total. The molecule has 0 saturated heterocycles. The monoisotopic (exact) mass is 346 g/mol. The average molecular weight is 346 g/mol. The zero-order chi connectivity index (χ0) is 17.6. The molecule has 2 heterocycles. The van der Waals surface area contributed by atoms with Gasteiger partial charge in [0.1, 0.15) is 11.6 Å². The molecule has 126 valence electrons. The predicted octanol–water partition coefficient (Wildman–Crippen LogP) is 4.57. The van der Waals surface area contributed by atoms with Crippen molar-refractivity contribution in [1.29, 1.82) is 0 Å². The molecule has 0 aliphatic heterocycles. The van der Waals surface area contributed by atoms with E-state index in [1.165, 1.54) is 28.8 Å². The van der Waals surface area contributed by atoms with Gasteiger partial charge in [-0.2, -0.15) is 18.3 Å². The molecule has 8 heteroatoms. The van der Waals surface area contributed by atoms with Crippen LogP contribution in [0.25, 0.3) is 28.0 Å². The second-order valence-corrected chi connectivity index (χ2v) is 5.47. The van der Waals surface area contributed by atoms with Crippen molar-refractivity contribution < 1.29 is 17.6 Å². The first-order valence-electron chi connectivity index (χ1n) is 7.28. The number of nitrogens with one attached hydrogen (secondary N) is 1. The summed E-state index contributed by atoms with van der Waals surface area (Å²) in [6.07, 6.45) is -2.07. The quantitative estimate of drug-likeness (QED) is 0.540. The van der Waals surface area contributed by atoms with Gasteiger partial charge in [-0.1, -0.05) is 0 Å². The Morgan fingerprint density at radius 3 is 2.48 bits per heavy atom. The summed E-state index contributed by atoms with van der Waals surface area (Å²) in [4.78, 5) is 3.72. The number of aromatic amines is 1. The molecular weight excluding hydrogens is 336 g/mol. The van der Waals surface area contributed by atoms with Crippen LogP contribution in [0.2, 0.25) is 0 Å². The van der Waals surface area contributed by atoms with E-state index in [0.717, 1.165) is 17.1 Å². The van der Waals surface area contributed by atoms with Gasteiger partial charge in [0, 0.05) is 22.8 Å². The summed E-state index contributed by atoms with van der Waals surface area (Å²) in [5.41, 5.74) is 0.628. The van der Waals surface area contributed by atoms with E-state index in [0.29, 0.717) is 11.3 Å². The van der Waals surface area contributed by atoms with Crippen molar-refractivity contribution >= 4 is 10.9 Å². The normalized spacial score (nSPS) is 12.0. The smallest absolute Gasteiger partial charge is 0.299 e. The van der Waals surface area contributed by atoms with Crippen LogP contribution >= 0.6 is 0 Å². The molecule has 4 nitrogen and oxygen atoms in total. The maximum atomic E-state index is 13.1. The van der Waals surface area contributed by atoms with Crippen molar-refractivity contribution in [3.8, 4) is 17.1 Å². The molecule has 0 bridgehead atoms. The van der Waals surface area contributed by atoms with Crippen molar-refractivity contribution in [3.05, 3.63) is 66.4 Å². The lowest BCUT2D eigenvalue weighted by molar-refractivity contribution is -0.140. The number of alkyl halides is 3. The van der Waals surface area contributed by atoms with Gasteiger partial charge >= 0.3 is 6.18 Å². The van der Waals surface area contributed by atoms with Gasteiger partial charge < -0.3 is 0 Å². The molecule has 0 unspecified atom stereocenters. The van der Waals surface area contributed by atoms with E-state index in [9.17, 15) is 17.6 Å². The van der Waals surface area contributed by atoms with E-state index < -0.39 is 17.7 Å². The molecule has 2 aromatic heterocycles. The fourth-order valence-electron chi connectivity index (χ4n) is 2.60. The third kappa shape index (κ3) is 2.75. The van der Waals surface area contributed by atoms with Crippen molar-refractivity contribution in [2.24, 2.45) is 0 Å². The maximum absolute atomic E-state index is 13.1. The number of aromatic nitrogens is 4. The number of fused-ring (bicyclic) bond motifs is 1. The van der Waals surface area contributed by atoms with Crippen molar-refractivity contribution in [3.63, 3.8) is 0 Å². The van der Waals surface area contributed by atoms with Crippen LogP contribution in [-0.4, -0.2) is 19.7 Å². The van der Waals surface area contributed by atoms with Gasteiger partial charge in [-0.3, -0.25) is 9.67 Å². The lowest BCUT2D eigenvalue weighted by Gasteiger charge is -2.08. The summed E-state index contributed by atoms with van der Waals surface area (Å²) in [7, 11) is 0. The minimum atomic E-state index is -4.58. The highest BCUT2D eigenvalue weighted by atomic mass is 19.4. The van der Waals surface area contributed by atoms with Crippen molar-refractivity contribution in [2.75, 3.05) is 0 Å². The minimum absolute atomic E-state index is 0.0789. The Hall–Kier alpha value is -3.16. The van der Waals surface area contributed by atoms with Crippen LogP contribution in [0.4, 0.5) is 17.6 Å². The Morgan fingerprint density at radius 1 is 1.00 bits per heavy atom. The number of imidazole rings is 1. The summed E-state index contributed by atoms with van der Waals surface area (Å²) in [6, 6.07) is 10.2. The lowest BCUT2D eigenvalue weighted by atomic mass is 10.2. The second kappa shape index (κ2) is 5.44. The van der Waals surface area contributed by atoms with Crippen LogP contribution in [0.15, 0.2) is 54.9 Å². The Kier molecular flexibility index (Phi) is 3.34. The van der Waals surface area contributed by atoms with Crippen molar-refractivity contribution in [1.82, 2.24) is 19.7 Å². The number of nitrogens with zero attached hydrogens (tertiary/aromatic N) is 3. The summed E-state index contributed by atoms with van der Waals surface area (Å²) in [5, 5.41) is 7.44. The fourth-order valence-corrected chi connectivity index (χ4v) is 2.60. The first-order valence-corrected chi connectivity index (χ1v) is 7.28. The molecule has 0 spiro atoms. The lowest BCUT2D eigenvalue weighted by Crippen LogP contribution is -2.05. The van der Waals surface area contributed by atoms with Gasteiger partial charge in [0.05, 0.1) is 11.7 Å². The Balaban J connectivity index is 1.92. The molecule has 0 fully saturated rings. The molecular formula is C17H10F4N4. The van der Waals surface area contributed by atoms with E-state index in [-0.39, 0.29) is 5.82 Å². The van der Waals surface area contributed by atoms with E-state index in [2.05, 4.69) is 15.2 Å². The molecule has 4 rings (SSSR count). The van der Waals surface area contributed by atoms with Crippen LogP contribution in [0.1, 0.15) is 5.69 Å². The van der Waals surface area contributed by atoms with Crippen LogP contribution in [-0.2, 0) is 6.18 Å². The number of hydrogen-bond acceptors (Lipinski definition) is 2. The number of benzene rings is 2. The maximum Gasteiger partial charge on any atom is 0.434 e. The van der Waals surface area contributed by atoms with E-state index in [1.54, 1.807) is 24.4 Å². The molecule has 0 aliphatic rings. The Bertz CT molecular complexity index is 1040. The third-order valence-corrected chi connectivity index (χ3v) is 3.80. The number of halogens is 4. The van der Waals surface area contributed by atoms with Gasteiger partial charge in [0.2, 0.25) is 0 Å². The summed E-state index contributed by atoms with van der Waals surface area (Å²) in [6.45, 7) is 0. The van der Waals surface area contributed by atoms with Crippen molar-refractivity contribution in [2.45, 2.75) is 6.18 Å². The summed E-state index contributed by atoms with van der Waals surface area (Å²) in [5.74, 6) is -0.395. The number of rotatable bonds is 2. The molecule has 4 aromatic rings. The molecule has 2 aromatic carbocycles. The van der Waals surface area contributed by atoms with E-state index in [4.69, 9.17) is 0 Å². The van der Waals surface area contributed by atoms with Gasteiger partial charge in [0.15, 0.2) is 5.69 Å².